The van der Waals surface area contributed by atoms with Crippen molar-refractivity contribution in [3.8, 4) is 0 Å². The molecule has 0 bridgehead atoms. The van der Waals surface area contributed by atoms with Crippen LogP contribution in [0.1, 0.15) is 22.9 Å². The number of anilines is 1. The first-order valence-corrected chi connectivity index (χ1v) is 8.11. The van der Waals surface area contributed by atoms with Gasteiger partial charge in [-0.3, -0.25) is 0 Å². The number of thiophene rings is 1. The van der Waals surface area contributed by atoms with Crippen LogP contribution in [0.4, 0.5) is 5.82 Å². The summed E-state index contributed by atoms with van der Waals surface area (Å²) in [7, 11) is 0. The Morgan fingerprint density at radius 1 is 1.24 bits per heavy atom. The second kappa shape index (κ2) is 6.00. The SMILES string of the molecule is CCc1cc2c(NCc3ccccc3C)nc(Cl)nc2s1. The van der Waals surface area contributed by atoms with E-state index in [1.807, 2.05) is 12.1 Å². The van der Waals surface area contributed by atoms with E-state index in [0.717, 1.165) is 29.0 Å². The molecule has 0 amide bonds. The van der Waals surface area contributed by atoms with Crippen molar-refractivity contribution in [3.63, 3.8) is 0 Å². The van der Waals surface area contributed by atoms with E-state index in [9.17, 15) is 0 Å². The van der Waals surface area contributed by atoms with Crippen molar-refractivity contribution in [1.82, 2.24) is 9.97 Å². The molecule has 0 unspecified atom stereocenters. The van der Waals surface area contributed by atoms with Gasteiger partial charge in [0.2, 0.25) is 5.28 Å². The second-order valence-electron chi connectivity index (χ2n) is 4.91. The molecule has 0 radical (unpaired) electrons. The van der Waals surface area contributed by atoms with E-state index in [4.69, 9.17) is 11.6 Å². The fourth-order valence-electron chi connectivity index (χ4n) is 2.24. The van der Waals surface area contributed by atoms with Crippen molar-refractivity contribution in [2.75, 3.05) is 5.32 Å². The van der Waals surface area contributed by atoms with Crippen LogP contribution in [-0.2, 0) is 13.0 Å². The topological polar surface area (TPSA) is 37.8 Å². The third-order valence-corrected chi connectivity index (χ3v) is 4.81. The van der Waals surface area contributed by atoms with Gasteiger partial charge in [0.1, 0.15) is 10.6 Å². The number of aryl methyl sites for hydroxylation is 2. The van der Waals surface area contributed by atoms with Gasteiger partial charge in [0.05, 0.1) is 5.39 Å². The largest absolute Gasteiger partial charge is 0.365 e. The number of benzene rings is 1. The number of halogens is 1. The first-order valence-electron chi connectivity index (χ1n) is 6.91. The predicted octanol–water partition coefficient (Wildman–Crippen LogP) is 4.83. The summed E-state index contributed by atoms with van der Waals surface area (Å²) in [4.78, 5) is 10.9. The molecule has 21 heavy (non-hydrogen) atoms. The van der Waals surface area contributed by atoms with Gasteiger partial charge in [-0.15, -0.1) is 11.3 Å². The highest BCUT2D eigenvalue weighted by Crippen LogP contribution is 2.30. The molecule has 0 fully saturated rings. The number of hydrogen-bond donors (Lipinski definition) is 1. The summed E-state index contributed by atoms with van der Waals surface area (Å²) in [5.41, 5.74) is 2.52. The van der Waals surface area contributed by atoms with Gasteiger partial charge >= 0.3 is 0 Å². The fraction of sp³-hybridized carbons (Fsp3) is 0.250. The molecule has 2 aromatic heterocycles. The zero-order chi connectivity index (χ0) is 14.8. The third-order valence-electron chi connectivity index (χ3n) is 3.47. The molecule has 0 atom stereocenters. The Morgan fingerprint density at radius 3 is 2.81 bits per heavy atom. The van der Waals surface area contributed by atoms with Gasteiger partial charge in [-0.25, -0.2) is 9.97 Å². The number of nitrogens with one attached hydrogen (secondary N) is 1. The maximum absolute atomic E-state index is 6.03. The molecule has 3 rings (SSSR count). The van der Waals surface area contributed by atoms with Crippen LogP contribution in [0.5, 0.6) is 0 Å². The molecule has 0 aliphatic rings. The molecular formula is C16H16ClN3S. The van der Waals surface area contributed by atoms with Crippen molar-refractivity contribution in [2.24, 2.45) is 0 Å². The van der Waals surface area contributed by atoms with Gasteiger partial charge in [0, 0.05) is 11.4 Å². The third kappa shape index (κ3) is 3.01. The van der Waals surface area contributed by atoms with E-state index < -0.39 is 0 Å². The molecule has 2 heterocycles. The summed E-state index contributed by atoms with van der Waals surface area (Å²) < 4.78 is 0. The Kier molecular flexibility index (Phi) is 4.08. The molecule has 0 aliphatic heterocycles. The lowest BCUT2D eigenvalue weighted by Gasteiger charge is -2.09. The van der Waals surface area contributed by atoms with E-state index in [-0.39, 0.29) is 0 Å². The number of nitrogens with zero attached hydrogens (tertiary/aromatic N) is 2. The zero-order valence-electron chi connectivity index (χ0n) is 12.0. The highest BCUT2D eigenvalue weighted by molar-refractivity contribution is 7.18. The Balaban J connectivity index is 1.93. The summed E-state index contributed by atoms with van der Waals surface area (Å²) in [6.45, 7) is 4.98. The zero-order valence-corrected chi connectivity index (χ0v) is 13.6. The van der Waals surface area contributed by atoms with Gasteiger partial charge < -0.3 is 5.32 Å². The molecule has 0 saturated heterocycles. The number of hydrogen-bond acceptors (Lipinski definition) is 4. The molecule has 1 N–H and O–H groups in total. The minimum atomic E-state index is 0.291. The van der Waals surface area contributed by atoms with Crippen LogP contribution in [0.15, 0.2) is 30.3 Å². The molecule has 5 heteroatoms. The smallest absolute Gasteiger partial charge is 0.225 e. The minimum Gasteiger partial charge on any atom is -0.365 e. The Morgan fingerprint density at radius 2 is 2.05 bits per heavy atom. The molecule has 3 nitrogen and oxygen atoms in total. The lowest BCUT2D eigenvalue weighted by atomic mass is 10.1. The molecule has 0 spiro atoms. The van der Waals surface area contributed by atoms with Gasteiger partial charge in [-0.2, -0.15) is 0 Å². The van der Waals surface area contributed by atoms with Crippen molar-refractivity contribution < 1.29 is 0 Å². The molecule has 1 aromatic carbocycles. The summed E-state index contributed by atoms with van der Waals surface area (Å²) in [6.07, 6.45) is 0.996. The second-order valence-corrected chi connectivity index (χ2v) is 6.36. The quantitative estimate of drug-likeness (QED) is 0.700. The van der Waals surface area contributed by atoms with Crippen molar-refractivity contribution in [1.29, 1.82) is 0 Å². The summed E-state index contributed by atoms with van der Waals surface area (Å²) in [5.74, 6) is 0.809. The summed E-state index contributed by atoms with van der Waals surface area (Å²) >= 11 is 7.71. The summed E-state index contributed by atoms with van der Waals surface area (Å²) in [6, 6.07) is 10.5. The van der Waals surface area contributed by atoms with Crippen molar-refractivity contribution in [3.05, 3.63) is 51.6 Å². The first-order chi connectivity index (χ1) is 10.2. The molecule has 0 aliphatic carbocycles. The molecule has 0 saturated carbocycles. The highest BCUT2D eigenvalue weighted by Gasteiger charge is 2.10. The molecule has 108 valence electrons. The average molecular weight is 318 g/mol. The molecular weight excluding hydrogens is 302 g/mol. The minimum absolute atomic E-state index is 0.291. The maximum Gasteiger partial charge on any atom is 0.225 e. The van der Waals surface area contributed by atoms with Gasteiger partial charge in [0.25, 0.3) is 0 Å². The number of aromatic nitrogens is 2. The van der Waals surface area contributed by atoms with Crippen LogP contribution in [0.2, 0.25) is 5.28 Å². The van der Waals surface area contributed by atoms with Gasteiger partial charge in [-0.1, -0.05) is 31.2 Å². The Hall–Kier alpha value is -1.65. The summed E-state index contributed by atoms with van der Waals surface area (Å²) in [5, 5.41) is 4.74. The van der Waals surface area contributed by atoms with Crippen molar-refractivity contribution >= 4 is 39.0 Å². The number of rotatable bonds is 4. The highest BCUT2D eigenvalue weighted by atomic mass is 35.5. The van der Waals surface area contributed by atoms with Crippen LogP contribution < -0.4 is 5.32 Å². The maximum atomic E-state index is 6.03. The van der Waals surface area contributed by atoms with Crippen LogP contribution in [-0.4, -0.2) is 9.97 Å². The van der Waals surface area contributed by atoms with Crippen LogP contribution in [0.3, 0.4) is 0 Å². The van der Waals surface area contributed by atoms with Crippen LogP contribution in [0.25, 0.3) is 10.2 Å². The average Bonchev–Trinajstić information content (AvgIpc) is 2.89. The lowest BCUT2D eigenvalue weighted by molar-refractivity contribution is 1.09. The predicted molar refractivity (Wildman–Crippen MR) is 90.3 cm³/mol. The van der Waals surface area contributed by atoms with Crippen LogP contribution >= 0.6 is 22.9 Å². The van der Waals surface area contributed by atoms with Crippen molar-refractivity contribution in [2.45, 2.75) is 26.8 Å². The fourth-order valence-corrected chi connectivity index (χ4v) is 3.43. The van der Waals surface area contributed by atoms with E-state index in [0.29, 0.717) is 5.28 Å². The van der Waals surface area contributed by atoms with E-state index >= 15 is 0 Å². The Labute approximate surface area is 133 Å². The normalized spacial score (nSPS) is 11.0. The van der Waals surface area contributed by atoms with Gasteiger partial charge in [-0.05, 0) is 42.1 Å². The van der Waals surface area contributed by atoms with E-state index in [1.165, 1.54) is 16.0 Å². The lowest BCUT2D eigenvalue weighted by Crippen LogP contribution is -2.03. The standard InChI is InChI=1S/C16H16ClN3S/c1-3-12-8-13-14(19-16(17)20-15(13)21-12)18-9-11-7-5-4-6-10(11)2/h4-8H,3,9H2,1-2H3,(H,18,19,20). The number of fused-ring (bicyclic) bond motifs is 1. The van der Waals surface area contributed by atoms with Crippen LogP contribution in [0, 0.1) is 6.92 Å². The van der Waals surface area contributed by atoms with E-state index in [1.54, 1.807) is 11.3 Å². The monoisotopic (exact) mass is 317 g/mol. The van der Waals surface area contributed by atoms with Gasteiger partial charge in [0.15, 0.2) is 0 Å². The van der Waals surface area contributed by atoms with E-state index in [2.05, 4.69) is 47.3 Å². The molecule has 3 aromatic rings. The Bertz CT molecular complexity index is 782. The first kappa shape index (κ1) is 14.3.